The molecule has 4 rings (SSSR count). The van der Waals surface area contributed by atoms with Gasteiger partial charge in [-0.1, -0.05) is 56.9 Å². The highest BCUT2D eigenvalue weighted by molar-refractivity contribution is 5.41. The summed E-state index contributed by atoms with van der Waals surface area (Å²) >= 11 is 0. The van der Waals surface area contributed by atoms with Crippen LogP contribution in [0.1, 0.15) is 75.2 Å². The van der Waals surface area contributed by atoms with Crippen molar-refractivity contribution in [1.29, 1.82) is 0 Å². The molecular formula is C22H35NO. The number of benzene rings is 1. The van der Waals surface area contributed by atoms with Crippen molar-refractivity contribution in [2.24, 2.45) is 5.92 Å². The predicted molar refractivity (Wildman–Crippen MR) is 101 cm³/mol. The topological polar surface area (TPSA) is 12.5 Å². The molecule has 1 aromatic rings. The van der Waals surface area contributed by atoms with E-state index in [0.717, 1.165) is 18.9 Å². The zero-order valence-electron chi connectivity index (χ0n) is 14.6. The summed E-state index contributed by atoms with van der Waals surface area (Å²) in [6.07, 6.45) is 11.8. The van der Waals surface area contributed by atoms with Crippen molar-refractivity contribution in [1.82, 2.24) is 4.90 Å². The Balaban J connectivity index is 0.00000169. The highest BCUT2D eigenvalue weighted by Crippen LogP contribution is 2.38. The van der Waals surface area contributed by atoms with E-state index < -0.39 is 0 Å². The molecule has 2 fully saturated rings. The van der Waals surface area contributed by atoms with Gasteiger partial charge < -0.3 is 9.64 Å². The monoisotopic (exact) mass is 329 g/mol. The van der Waals surface area contributed by atoms with E-state index in [4.69, 9.17) is 4.74 Å². The van der Waals surface area contributed by atoms with Gasteiger partial charge in [0.05, 0.1) is 12.2 Å². The number of aryl methyl sites for hydroxylation is 1. The minimum Gasteiger partial charge on any atom is -0.369 e. The van der Waals surface area contributed by atoms with Gasteiger partial charge in [0.25, 0.3) is 0 Å². The van der Waals surface area contributed by atoms with Gasteiger partial charge in [-0.2, -0.15) is 0 Å². The molecule has 1 aromatic carbocycles. The third kappa shape index (κ3) is 4.03. The molecule has 0 bridgehead atoms. The summed E-state index contributed by atoms with van der Waals surface area (Å²) in [6.45, 7) is 5.92. The molecule has 1 aliphatic heterocycles. The summed E-state index contributed by atoms with van der Waals surface area (Å²) in [6, 6.07) is 6.82. The number of nitrogens with zero attached hydrogens (tertiary/aromatic N) is 1. The molecule has 0 spiro atoms. The average Bonchev–Trinajstić information content (AvgIpc) is 3.07. The molecule has 2 heteroatoms. The lowest BCUT2D eigenvalue weighted by Gasteiger charge is -2.38. The first kappa shape index (κ1) is 17.9. The molecule has 1 saturated heterocycles. The van der Waals surface area contributed by atoms with E-state index in [2.05, 4.69) is 30.0 Å². The number of fused-ring (bicyclic) bond motifs is 1. The quantitative estimate of drug-likeness (QED) is 0.728. The molecule has 0 amide bonds. The lowest BCUT2D eigenvalue weighted by molar-refractivity contribution is -0.0593. The van der Waals surface area contributed by atoms with Gasteiger partial charge in [0.1, 0.15) is 0 Å². The van der Waals surface area contributed by atoms with E-state index in [1.165, 1.54) is 74.7 Å². The molecule has 2 aliphatic carbocycles. The Morgan fingerprint density at radius 3 is 2.79 bits per heavy atom. The fourth-order valence-corrected chi connectivity index (χ4v) is 4.72. The zero-order chi connectivity index (χ0) is 15.6. The number of hydrogen-bond acceptors (Lipinski definition) is 2. The van der Waals surface area contributed by atoms with Gasteiger partial charge >= 0.3 is 0 Å². The highest BCUT2D eigenvalue weighted by Gasteiger charge is 2.31. The summed E-state index contributed by atoms with van der Waals surface area (Å²) in [5, 5.41) is 0. The van der Waals surface area contributed by atoms with E-state index in [1.54, 1.807) is 0 Å². The lowest BCUT2D eigenvalue weighted by atomic mass is 9.84. The lowest BCUT2D eigenvalue weighted by Crippen LogP contribution is -2.42. The van der Waals surface area contributed by atoms with Crippen LogP contribution in [-0.2, 0) is 11.2 Å². The molecule has 1 saturated carbocycles. The minimum absolute atomic E-state index is 0. The zero-order valence-corrected chi connectivity index (χ0v) is 14.6. The SMILES string of the molecule is C.Cc1ccc2c(c1)C(OC1CCCN(CCC3CCCC3)C1)C2. The van der Waals surface area contributed by atoms with Crippen molar-refractivity contribution in [3.63, 3.8) is 0 Å². The van der Waals surface area contributed by atoms with Crippen LogP contribution in [0.3, 0.4) is 0 Å². The van der Waals surface area contributed by atoms with E-state index in [9.17, 15) is 0 Å². The summed E-state index contributed by atoms with van der Waals surface area (Å²) in [7, 11) is 0. The van der Waals surface area contributed by atoms with Crippen LogP contribution in [-0.4, -0.2) is 30.6 Å². The molecule has 24 heavy (non-hydrogen) atoms. The van der Waals surface area contributed by atoms with Crippen molar-refractivity contribution in [2.45, 2.75) is 77.9 Å². The normalized spacial score (nSPS) is 27.4. The van der Waals surface area contributed by atoms with Crippen LogP contribution in [0.5, 0.6) is 0 Å². The van der Waals surface area contributed by atoms with Crippen molar-refractivity contribution >= 4 is 0 Å². The van der Waals surface area contributed by atoms with Gasteiger partial charge in [0, 0.05) is 13.0 Å². The Labute approximate surface area is 148 Å². The summed E-state index contributed by atoms with van der Waals surface area (Å²) in [5.74, 6) is 1.01. The Hall–Kier alpha value is -0.860. The van der Waals surface area contributed by atoms with Crippen LogP contribution >= 0.6 is 0 Å². The fourth-order valence-electron chi connectivity index (χ4n) is 4.72. The largest absolute Gasteiger partial charge is 0.369 e. The highest BCUT2D eigenvalue weighted by atomic mass is 16.5. The predicted octanol–water partition coefficient (Wildman–Crippen LogP) is 5.29. The van der Waals surface area contributed by atoms with Gasteiger partial charge in [0.15, 0.2) is 0 Å². The first-order valence-corrected chi connectivity index (χ1v) is 9.75. The first-order valence-electron chi connectivity index (χ1n) is 9.75. The van der Waals surface area contributed by atoms with Crippen LogP contribution in [0.4, 0.5) is 0 Å². The van der Waals surface area contributed by atoms with Crippen molar-refractivity contribution in [2.75, 3.05) is 19.6 Å². The summed E-state index contributed by atoms with van der Waals surface area (Å²) in [4.78, 5) is 2.67. The molecule has 3 aliphatic rings. The van der Waals surface area contributed by atoms with Crippen molar-refractivity contribution < 1.29 is 4.74 Å². The van der Waals surface area contributed by atoms with E-state index in [0.29, 0.717) is 12.2 Å². The Morgan fingerprint density at radius 2 is 1.96 bits per heavy atom. The number of ether oxygens (including phenoxy) is 1. The van der Waals surface area contributed by atoms with Crippen molar-refractivity contribution in [3.8, 4) is 0 Å². The molecule has 2 unspecified atom stereocenters. The smallest absolute Gasteiger partial charge is 0.0872 e. The standard InChI is InChI=1S/C21H31NO.CH4/c1-16-8-9-18-14-21(20(18)13-16)23-19-7-4-11-22(15-19)12-10-17-5-2-3-6-17;/h8-9,13,17,19,21H,2-7,10-12,14-15H2,1H3;1H4. The fraction of sp³-hybridized carbons (Fsp3) is 0.727. The molecule has 0 radical (unpaired) electrons. The maximum Gasteiger partial charge on any atom is 0.0872 e. The average molecular weight is 330 g/mol. The summed E-state index contributed by atoms with van der Waals surface area (Å²) in [5.41, 5.74) is 4.31. The van der Waals surface area contributed by atoms with E-state index >= 15 is 0 Å². The summed E-state index contributed by atoms with van der Waals surface area (Å²) < 4.78 is 6.47. The second-order valence-electron chi connectivity index (χ2n) is 8.04. The van der Waals surface area contributed by atoms with Crippen LogP contribution < -0.4 is 0 Å². The van der Waals surface area contributed by atoms with Crippen LogP contribution in [0.15, 0.2) is 18.2 Å². The van der Waals surface area contributed by atoms with Crippen LogP contribution in [0.25, 0.3) is 0 Å². The Bertz CT molecular complexity index is 535. The second-order valence-corrected chi connectivity index (χ2v) is 8.04. The van der Waals surface area contributed by atoms with Crippen LogP contribution in [0.2, 0.25) is 0 Å². The molecule has 0 aromatic heterocycles. The molecule has 2 nitrogen and oxygen atoms in total. The van der Waals surface area contributed by atoms with E-state index in [1.807, 2.05) is 0 Å². The number of hydrogen-bond donors (Lipinski definition) is 0. The molecule has 134 valence electrons. The maximum absolute atomic E-state index is 6.47. The van der Waals surface area contributed by atoms with Gasteiger partial charge in [-0.15, -0.1) is 0 Å². The molecule has 1 heterocycles. The van der Waals surface area contributed by atoms with Gasteiger partial charge in [-0.05, 0) is 56.3 Å². The Morgan fingerprint density at radius 1 is 1.12 bits per heavy atom. The van der Waals surface area contributed by atoms with E-state index in [-0.39, 0.29) is 7.43 Å². The maximum atomic E-state index is 6.47. The molecule has 0 N–H and O–H groups in total. The third-order valence-electron chi connectivity index (χ3n) is 6.20. The van der Waals surface area contributed by atoms with Crippen LogP contribution in [0, 0.1) is 12.8 Å². The number of rotatable bonds is 5. The van der Waals surface area contributed by atoms with Gasteiger partial charge in [-0.25, -0.2) is 0 Å². The minimum atomic E-state index is 0. The number of piperidine rings is 1. The number of likely N-dealkylation sites (tertiary alicyclic amines) is 1. The molecule has 2 atom stereocenters. The van der Waals surface area contributed by atoms with Gasteiger partial charge in [0.2, 0.25) is 0 Å². The third-order valence-corrected chi connectivity index (χ3v) is 6.20. The first-order chi connectivity index (χ1) is 11.3. The molecular weight excluding hydrogens is 294 g/mol. The van der Waals surface area contributed by atoms with Gasteiger partial charge in [-0.3, -0.25) is 0 Å². The second kappa shape index (κ2) is 8.01. The van der Waals surface area contributed by atoms with Crippen molar-refractivity contribution in [3.05, 3.63) is 34.9 Å². The Kier molecular flexibility index (Phi) is 5.99.